The Bertz CT molecular complexity index is 662. The highest BCUT2D eigenvalue weighted by molar-refractivity contribution is 6.04. The summed E-state index contributed by atoms with van der Waals surface area (Å²) in [6.45, 7) is 0.518. The first-order valence-electron chi connectivity index (χ1n) is 6.90. The molecule has 0 saturated heterocycles. The lowest BCUT2D eigenvalue weighted by molar-refractivity contribution is 0.305. The number of hydrogen-bond donors (Lipinski definition) is 1. The van der Waals surface area contributed by atoms with Crippen LogP contribution in [0, 0.1) is 0 Å². The molecule has 4 nitrogen and oxygen atoms in total. The van der Waals surface area contributed by atoms with Crippen molar-refractivity contribution in [1.82, 2.24) is 0 Å². The predicted octanol–water partition coefficient (Wildman–Crippen LogP) is 3.40. The summed E-state index contributed by atoms with van der Waals surface area (Å²) in [5, 5.41) is 12.3. The van der Waals surface area contributed by atoms with Crippen molar-refractivity contribution in [3.63, 3.8) is 0 Å². The zero-order valence-corrected chi connectivity index (χ0v) is 11.9. The summed E-state index contributed by atoms with van der Waals surface area (Å²) < 4.78 is 10.9. The van der Waals surface area contributed by atoms with Gasteiger partial charge in [-0.3, -0.25) is 0 Å². The first kappa shape index (κ1) is 13.5. The average molecular weight is 283 g/mol. The van der Waals surface area contributed by atoms with E-state index in [-0.39, 0.29) is 0 Å². The summed E-state index contributed by atoms with van der Waals surface area (Å²) in [5.41, 5.74) is 4.05. The molecule has 0 bridgehead atoms. The molecule has 2 aromatic rings. The van der Waals surface area contributed by atoms with Gasteiger partial charge in [0, 0.05) is 5.56 Å². The van der Waals surface area contributed by atoms with E-state index in [0.717, 1.165) is 41.2 Å². The minimum Gasteiger partial charge on any atom is -0.497 e. The Labute approximate surface area is 123 Å². The van der Waals surface area contributed by atoms with E-state index in [9.17, 15) is 0 Å². The second-order valence-electron chi connectivity index (χ2n) is 5.00. The molecular weight excluding hydrogens is 266 g/mol. The lowest BCUT2D eigenvalue weighted by Gasteiger charge is -2.08. The highest BCUT2D eigenvalue weighted by atomic mass is 16.5. The number of rotatable bonds is 4. The molecule has 0 saturated carbocycles. The van der Waals surface area contributed by atoms with Crippen molar-refractivity contribution < 1.29 is 14.7 Å². The van der Waals surface area contributed by atoms with E-state index in [1.54, 1.807) is 7.11 Å². The van der Waals surface area contributed by atoms with Gasteiger partial charge in [0.05, 0.1) is 12.8 Å². The Hall–Kier alpha value is -2.49. The largest absolute Gasteiger partial charge is 0.497 e. The number of hydrogen-bond acceptors (Lipinski definition) is 4. The van der Waals surface area contributed by atoms with E-state index < -0.39 is 0 Å². The van der Waals surface area contributed by atoms with Gasteiger partial charge >= 0.3 is 0 Å². The average Bonchev–Trinajstić information content (AvgIpc) is 2.95. The van der Waals surface area contributed by atoms with Crippen LogP contribution in [-0.4, -0.2) is 18.0 Å². The number of aryl methyl sites for hydroxylation is 1. The number of nitrogens with zero attached hydrogens (tertiary/aromatic N) is 1. The quantitative estimate of drug-likeness (QED) is 0.691. The van der Waals surface area contributed by atoms with Crippen molar-refractivity contribution in [3.05, 3.63) is 59.2 Å². The smallest absolute Gasteiger partial charge is 0.120 e. The van der Waals surface area contributed by atoms with Crippen LogP contribution in [0.5, 0.6) is 11.5 Å². The van der Waals surface area contributed by atoms with Gasteiger partial charge in [-0.2, -0.15) is 0 Å². The van der Waals surface area contributed by atoms with Gasteiger partial charge in [0.1, 0.15) is 18.1 Å². The van der Waals surface area contributed by atoms with E-state index in [0.29, 0.717) is 6.61 Å². The van der Waals surface area contributed by atoms with Crippen molar-refractivity contribution in [1.29, 1.82) is 0 Å². The van der Waals surface area contributed by atoms with Crippen LogP contribution in [0.4, 0.5) is 0 Å². The van der Waals surface area contributed by atoms with Crippen LogP contribution in [0.25, 0.3) is 0 Å². The second kappa shape index (κ2) is 5.87. The molecule has 3 rings (SSSR count). The highest BCUT2D eigenvalue weighted by Gasteiger charge is 2.18. The van der Waals surface area contributed by atoms with E-state index in [4.69, 9.17) is 14.7 Å². The minimum atomic E-state index is 0.518. The van der Waals surface area contributed by atoms with E-state index in [2.05, 4.69) is 5.16 Å². The maximum atomic E-state index is 8.92. The Morgan fingerprint density at radius 2 is 1.81 bits per heavy atom. The fourth-order valence-electron chi connectivity index (χ4n) is 2.53. The van der Waals surface area contributed by atoms with Gasteiger partial charge < -0.3 is 14.7 Å². The topological polar surface area (TPSA) is 51.0 Å². The lowest BCUT2D eigenvalue weighted by atomic mass is 10.1. The van der Waals surface area contributed by atoms with Crippen molar-refractivity contribution in [3.8, 4) is 11.5 Å². The SMILES string of the molecule is COc1ccc(COc2ccc3c(c2)CCC3=NO)cc1. The maximum absolute atomic E-state index is 8.92. The normalized spacial score (nSPS) is 15.0. The van der Waals surface area contributed by atoms with Crippen LogP contribution in [0.3, 0.4) is 0 Å². The zero-order valence-electron chi connectivity index (χ0n) is 11.9. The molecule has 0 heterocycles. The van der Waals surface area contributed by atoms with Crippen molar-refractivity contribution in [2.24, 2.45) is 5.16 Å². The summed E-state index contributed by atoms with van der Waals surface area (Å²) in [6, 6.07) is 13.7. The van der Waals surface area contributed by atoms with Gasteiger partial charge in [0.2, 0.25) is 0 Å². The number of fused-ring (bicyclic) bond motifs is 1. The molecule has 0 atom stereocenters. The maximum Gasteiger partial charge on any atom is 0.120 e. The first-order chi connectivity index (χ1) is 10.3. The number of ether oxygens (including phenoxy) is 2. The lowest BCUT2D eigenvalue weighted by Crippen LogP contribution is -1.97. The van der Waals surface area contributed by atoms with Crippen molar-refractivity contribution in [2.45, 2.75) is 19.4 Å². The molecule has 0 spiro atoms. The Kier molecular flexibility index (Phi) is 3.77. The molecule has 0 aromatic heterocycles. The first-order valence-corrected chi connectivity index (χ1v) is 6.90. The molecule has 0 radical (unpaired) electrons. The van der Waals surface area contributed by atoms with Crippen LogP contribution < -0.4 is 9.47 Å². The molecule has 1 N–H and O–H groups in total. The zero-order chi connectivity index (χ0) is 14.7. The van der Waals surface area contributed by atoms with Crippen molar-refractivity contribution >= 4 is 5.71 Å². The van der Waals surface area contributed by atoms with Gasteiger partial charge in [-0.05, 0) is 54.3 Å². The monoisotopic (exact) mass is 283 g/mol. The number of oxime groups is 1. The van der Waals surface area contributed by atoms with Gasteiger partial charge in [-0.25, -0.2) is 0 Å². The van der Waals surface area contributed by atoms with Gasteiger partial charge in [-0.15, -0.1) is 0 Å². The Morgan fingerprint density at radius 3 is 2.52 bits per heavy atom. The molecule has 0 aliphatic heterocycles. The molecule has 0 unspecified atom stereocenters. The van der Waals surface area contributed by atoms with Crippen LogP contribution in [-0.2, 0) is 13.0 Å². The summed E-state index contributed by atoms with van der Waals surface area (Å²) in [6.07, 6.45) is 1.68. The molecule has 0 fully saturated rings. The van der Waals surface area contributed by atoms with Crippen LogP contribution in [0.15, 0.2) is 47.6 Å². The molecule has 2 aromatic carbocycles. The fraction of sp³-hybridized carbons (Fsp3) is 0.235. The van der Waals surface area contributed by atoms with E-state index >= 15 is 0 Å². The fourth-order valence-corrected chi connectivity index (χ4v) is 2.53. The molecule has 4 heteroatoms. The van der Waals surface area contributed by atoms with Crippen LogP contribution in [0.1, 0.15) is 23.1 Å². The number of methoxy groups -OCH3 is 1. The molecular formula is C17H17NO3. The molecule has 21 heavy (non-hydrogen) atoms. The second-order valence-corrected chi connectivity index (χ2v) is 5.00. The van der Waals surface area contributed by atoms with Gasteiger partial charge in [0.25, 0.3) is 0 Å². The molecule has 0 amide bonds. The van der Waals surface area contributed by atoms with Gasteiger partial charge in [0.15, 0.2) is 0 Å². The van der Waals surface area contributed by atoms with Gasteiger partial charge in [-0.1, -0.05) is 17.3 Å². The molecule has 1 aliphatic carbocycles. The summed E-state index contributed by atoms with van der Waals surface area (Å²) in [5.74, 6) is 1.68. The molecule has 1 aliphatic rings. The third-order valence-corrected chi connectivity index (χ3v) is 3.70. The third kappa shape index (κ3) is 2.84. The predicted molar refractivity (Wildman–Crippen MR) is 80.4 cm³/mol. The minimum absolute atomic E-state index is 0.518. The Balaban J connectivity index is 1.68. The summed E-state index contributed by atoms with van der Waals surface area (Å²) >= 11 is 0. The van der Waals surface area contributed by atoms with Crippen LogP contribution >= 0.6 is 0 Å². The summed E-state index contributed by atoms with van der Waals surface area (Å²) in [4.78, 5) is 0. The summed E-state index contributed by atoms with van der Waals surface area (Å²) in [7, 11) is 1.65. The van der Waals surface area contributed by atoms with E-state index in [1.165, 1.54) is 5.56 Å². The van der Waals surface area contributed by atoms with Crippen molar-refractivity contribution in [2.75, 3.05) is 7.11 Å². The standard InChI is InChI=1S/C17H17NO3/c1-20-14-5-2-12(3-6-14)11-21-15-7-8-16-13(10-15)4-9-17(16)18-19/h2-3,5-8,10,19H,4,9,11H2,1H3. The Morgan fingerprint density at radius 1 is 1.05 bits per heavy atom. The highest BCUT2D eigenvalue weighted by Crippen LogP contribution is 2.27. The van der Waals surface area contributed by atoms with E-state index in [1.807, 2.05) is 42.5 Å². The molecule has 108 valence electrons. The number of benzene rings is 2. The van der Waals surface area contributed by atoms with Crippen LogP contribution in [0.2, 0.25) is 0 Å². The third-order valence-electron chi connectivity index (χ3n) is 3.70.